The summed E-state index contributed by atoms with van der Waals surface area (Å²) in [7, 11) is -0.307. The summed E-state index contributed by atoms with van der Waals surface area (Å²) in [6, 6.07) is 86.6. The molecule has 0 saturated carbocycles. The third-order valence-corrected chi connectivity index (χ3v) is 33.7. The predicted molar refractivity (Wildman–Crippen MR) is 547 cm³/mol. The molecule has 7 aliphatic rings. The van der Waals surface area contributed by atoms with Crippen LogP contribution >= 0.6 is 58.0 Å². The molecule has 0 N–H and O–H groups in total. The summed E-state index contributed by atoms with van der Waals surface area (Å²) in [4.78, 5) is 30.8. The number of hydrogen-bond acceptors (Lipinski definition) is 15. The lowest BCUT2D eigenvalue weighted by molar-refractivity contribution is 0.0683. The summed E-state index contributed by atoms with van der Waals surface area (Å²) in [5.41, 5.74) is 22.2. The topological polar surface area (TPSA) is 219 Å². The fourth-order valence-corrected chi connectivity index (χ4v) is 26.0. The highest BCUT2D eigenvalue weighted by Crippen LogP contribution is 2.54. The van der Waals surface area contributed by atoms with E-state index in [1.807, 2.05) is 200 Å². The van der Waals surface area contributed by atoms with Gasteiger partial charge in [-0.1, -0.05) is 161 Å². The Labute approximate surface area is 834 Å². The van der Waals surface area contributed by atoms with Gasteiger partial charge in [-0.15, -0.1) is 0 Å². The van der Waals surface area contributed by atoms with Gasteiger partial charge in [0.25, 0.3) is 11.8 Å². The molecule has 21 rings (SSSR count). The molecule has 4 aliphatic heterocycles. The highest BCUT2D eigenvalue weighted by molar-refractivity contribution is 7.89. The largest absolute Gasteiger partial charge is 0.497 e. The Bertz CT molecular complexity index is 7550. The van der Waals surface area contributed by atoms with Crippen LogP contribution in [0, 0.1) is 6.92 Å². The van der Waals surface area contributed by atoms with Gasteiger partial charge in [-0.2, -0.15) is 12.9 Å². The molecule has 0 saturated heterocycles. The minimum atomic E-state index is -3.84. The van der Waals surface area contributed by atoms with Crippen molar-refractivity contribution < 1.29 is 68.0 Å². The fraction of sp³-hybridized carbons (Fsp3) is 0.207. The Morgan fingerprint density at radius 1 is 0.324 bits per heavy atom. The average Bonchev–Trinajstić information content (AvgIpc) is 1.56. The SMILES string of the molecule is COc1ccc(C2C3=C(CCN2S(=O)(=O)c2ccc(OC)cc2)c2cc(Cl)ccc2C3)cc1.COc1ccc(C2C3=C(CCN2S(=O)(=O)c2cccc(OC)c2)c2cc(Cl)ccc2C3)cc1.COc1ccc(C2C3=C(CCN2S(=O)(=O)c2ccccc2OC)c2cc(Cl)ccc2C3)cc1.COc1ccc(C2c3c(c4cc(Cl)ccc4n3C(=O)c3ccc(Cl)cc3)CCN2C(=O)c2ccc(C)cc2)cc1. The van der Waals surface area contributed by atoms with Gasteiger partial charge >= 0.3 is 0 Å². The van der Waals surface area contributed by atoms with E-state index in [2.05, 4.69) is 0 Å². The number of amides is 1. The second kappa shape index (κ2) is 40.8. The monoisotopic (exact) mass is 2010 g/mol. The number of para-hydroxylation sites is 1. The quantitative estimate of drug-likeness (QED) is 0.0735. The maximum Gasteiger partial charge on any atom is 0.262 e. The van der Waals surface area contributed by atoms with Crippen LogP contribution in [0.25, 0.3) is 27.6 Å². The van der Waals surface area contributed by atoms with Gasteiger partial charge in [0.2, 0.25) is 30.1 Å². The van der Waals surface area contributed by atoms with Gasteiger partial charge in [0.05, 0.1) is 94.9 Å². The predicted octanol–water partition coefficient (Wildman–Crippen LogP) is 24.2. The maximum absolute atomic E-state index is 14.2. The van der Waals surface area contributed by atoms with Crippen molar-refractivity contribution in [1.29, 1.82) is 0 Å². The highest BCUT2D eigenvalue weighted by Gasteiger charge is 2.47. The van der Waals surface area contributed by atoms with Crippen LogP contribution in [-0.2, 0) is 55.8 Å². The van der Waals surface area contributed by atoms with E-state index in [-0.39, 0.29) is 26.5 Å². The molecule has 0 fully saturated rings. The number of benzene rings is 13. The number of aryl methyl sites for hydroxylation is 1. The second-order valence-corrected chi connectivity index (χ2v) is 42.4. The smallest absolute Gasteiger partial charge is 0.262 e. The second-order valence-electron chi connectivity index (χ2n) is 34.5. The molecule has 0 radical (unpaired) electrons. The first-order valence-corrected chi connectivity index (χ1v) is 51.4. The van der Waals surface area contributed by atoms with Crippen molar-refractivity contribution in [2.45, 2.75) is 90.7 Å². The number of methoxy groups -OCH3 is 7. The third kappa shape index (κ3) is 19.1. The van der Waals surface area contributed by atoms with E-state index in [1.54, 1.807) is 156 Å². The Hall–Kier alpha value is -12.5. The van der Waals surface area contributed by atoms with Crippen LogP contribution in [-0.4, -0.2) is 135 Å². The van der Waals surface area contributed by atoms with Crippen LogP contribution in [0.3, 0.4) is 0 Å². The van der Waals surface area contributed by atoms with Crippen LogP contribution in [0.5, 0.6) is 40.2 Å². The molecule has 0 bridgehead atoms. The van der Waals surface area contributed by atoms with Crippen molar-refractivity contribution in [3.8, 4) is 40.2 Å². The van der Waals surface area contributed by atoms with Gasteiger partial charge in [0, 0.05) is 73.9 Å². The molecule has 3 aliphatic carbocycles. The number of ether oxygens (including phenoxy) is 7. The number of carbonyl (C=O) groups excluding carboxylic acids is 2. The van der Waals surface area contributed by atoms with E-state index in [9.17, 15) is 34.8 Å². The molecule has 139 heavy (non-hydrogen) atoms. The summed E-state index contributed by atoms with van der Waals surface area (Å²) in [6.45, 7) is 3.60. The molecule has 14 aromatic rings. The van der Waals surface area contributed by atoms with Gasteiger partial charge in [-0.05, 0) is 335 Å². The van der Waals surface area contributed by atoms with Crippen molar-refractivity contribution in [2.24, 2.45) is 0 Å². The molecule has 1 aromatic heterocycles. The molecule has 1 amide bonds. The Morgan fingerprint density at radius 2 is 0.698 bits per heavy atom. The van der Waals surface area contributed by atoms with Crippen molar-refractivity contribution in [3.63, 3.8) is 0 Å². The van der Waals surface area contributed by atoms with Crippen molar-refractivity contribution >= 4 is 128 Å². The standard InChI is InChI=1S/C33H26Cl2N2O3.3C26H24ClNO4S/c1-20-3-5-22(6-4-20)32(38)36-18-17-27-28-19-25(35)13-16-29(28)37(33(39)23-7-11-24(34)12-8-23)31(27)30(36)21-9-14-26(40-2)15-10-21;1-31-20-7-4-17(5-8-20)26-25-15-18-3-6-19(27)16-24(18)23(25)13-14-28(26)33(29,30)22-11-9-21(32-2)10-12-22;1-31-20-10-7-17(8-11-20)26-25-14-18-6-9-19(27)15-24(18)23(25)12-13-28(26)33(29,30)22-5-3-4-21(16-22)32-2;1-31-20-11-8-17(9-12-20)26-23-15-18-7-10-19(27)16-22(18)21(23)13-14-28(26)33(29,30)25-6-4-3-5-24(25)32-2/h3-16,19,30H,17-18H2,1-2H3;3-12,16,26H,13-15H2,1-2H3;3-11,15-16,26H,12-14H2,1-2H3;3-12,16,26H,13-15H2,1-2H3. The number of rotatable bonds is 19. The number of nitrogens with zero attached hydrogens (tertiary/aromatic N) is 5. The van der Waals surface area contributed by atoms with Crippen LogP contribution in [0.4, 0.5) is 0 Å². The number of carbonyl (C=O) groups is 2. The zero-order valence-corrected chi connectivity index (χ0v) is 83.5. The normalized spacial score (nSPS) is 17.1. The van der Waals surface area contributed by atoms with Gasteiger partial charge < -0.3 is 38.1 Å². The third-order valence-electron chi connectivity index (χ3n) is 26.9. The number of hydrogen-bond donors (Lipinski definition) is 0. The summed E-state index contributed by atoms with van der Waals surface area (Å²) < 4.78 is 127. The van der Waals surface area contributed by atoms with E-state index in [0.29, 0.717) is 130 Å². The Balaban J connectivity index is 0.000000123. The fourth-order valence-electron chi connectivity index (χ4n) is 20.2. The first kappa shape index (κ1) is 96.8. The van der Waals surface area contributed by atoms with Crippen molar-refractivity contribution in [1.82, 2.24) is 22.4 Å². The van der Waals surface area contributed by atoms with Crippen molar-refractivity contribution in [2.75, 3.05) is 75.9 Å². The highest BCUT2D eigenvalue weighted by atomic mass is 35.5. The molecule has 20 nitrogen and oxygen atoms in total. The maximum atomic E-state index is 14.2. The summed E-state index contributed by atoms with van der Waals surface area (Å²) >= 11 is 31.5. The van der Waals surface area contributed by atoms with Crippen molar-refractivity contribution in [3.05, 3.63) is 417 Å². The van der Waals surface area contributed by atoms with Gasteiger partial charge in [-0.25, -0.2) is 25.3 Å². The van der Waals surface area contributed by atoms with E-state index < -0.39 is 54.2 Å². The number of fused-ring (bicyclic) bond motifs is 9. The van der Waals surface area contributed by atoms with Gasteiger partial charge in [-0.3, -0.25) is 14.2 Å². The molecule has 28 heteroatoms. The van der Waals surface area contributed by atoms with Crippen LogP contribution in [0.15, 0.2) is 323 Å². The lowest BCUT2D eigenvalue weighted by Gasteiger charge is -2.37. The first-order chi connectivity index (χ1) is 67.1. The van der Waals surface area contributed by atoms with Gasteiger partial charge in [0.15, 0.2) is 0 Å². The molecule has 13 aromatic carbocycles. The summed E-state index contributed by atoms with van der Waals surface area (Å²) in [5.74, 6) is 4.07. The van der Waals surface area contributed by atoms with Crippen LogP contribution in [0.2, 0.25) is 25.1 Å². The van der Waals surface area contributed by atoms with Gasteiger partial charge in [0.1, 0.15) is 45.1 Å². The minimum absolute atomic E-state index is 0.0970. The molecular weight excluding hydrogens is 1920 g/mol. The Kier molecular flexibility index (Phi) is 28.4. The summed E-state index contributed by atoms with van der Waals surface area (Å²) in [6.07, 6.45) is 4.58. The summed E-state index contributed by atoms with van der Waals surface area (Å²) in [5, 5.41) is 4.12. The van der Waals surface area contributed by atoms with E-state index >= 15 is 0 Å². The minimum Gasteiger partial charge on any atom is -0.497 e. The van der Waals surface area contributed by atoms with E-state index in [1.165, 1.54) is 47.6 Å². The molecule has 710 valence electrons. The van der Waals surface area contributed by atoms with E-state index in [4.69, 9.17) is 91.2 Å². The lowest BCUT2D eigenvalue weighted by atomic mass is 9.90. The van der Waals surface area contributed by atoms with Crippen LogP contribution < -0.4 is 33.2 Å². The molecule has 4 unspecified atom stereocenters. The average molecular weight is 2020 g/mol. The number of sulfonamides is 3. The van der Waals surface area contributed by atoms with E-state index in [0.717, 1.165) is 101 Å². The molecule has 0 spiro atoms. The molecular formula is C111H98Cl5N5O15S3. The first-order valence-electron chi connectivity index (χ1n) is 45.2. The Morgan fingerprint density at radius 3 is 1.13 bits per heavy atom. The zero-order chi connectivity index (χ0) is 97.5. The molecule has 4 atom stereocenters. The number of halogens is 5. The zero-order valence-electron chi connectivity index (χ0n) is 77.3. The molecule has 5 heterocycles. The lowest BCUT2D eigenvalue weighted by Crippen LogP contribution is -2.42. The number of aromatic nitrogens is 1. The van der Waals surface area contributed by atoms with Crippen LogP contribution in [0.1, 0.15) is 137 Å².